The quantitative estimate of drug-likeness (QED) is 0.113. The number of rotatable bonds is 8. The Bertz CT molecular complexity index is 1310. The lowest BCUT2D eigenvalue weighted by atomic mass is 10.1. The minimum absolute atomic E-state index is 0.155. The van der Waals surface area contributed by atoms with Crippen LogP contribution in [0.15, 0.2) is 36.4 Å². The van der Waals surface area contributed by atoms with Crippen LogP contribution in [0.4, 0.5) is 14.5 Å². The molecule has 2 rings (SSSR count). The predicted octanol–water partition coefficient (Wildman–Crippen LogP) is 3.37. The summed E-state index contributed by atoms with van der Waals surface area (Å²) in [5.41, 5.74) is -2.11. The number of hydrogen-bond acceptors (Lipinski definition) is 10. The summed E-state index contributed by atoms with van der Waals surface area (Å²) in [6.07, 6.45) is -2.74. The molecular formula is C19H14F2INO11S. The average Bonchev–Trinajstić information content (AvgIpc) is 2.72. The van der Waals surface area contributed by atoms with Gasteiger partial charge in [0.25, 0.3) is 5.69 Å². The number of carbonyl (C=O) groups excluding carboxylic acids is 3. The van der Waals surface area contributed by atoms with Crippen molar-refractivity contribution in [3.05, 3.63) is 61.2 Å². The van der Waals surface area contributed by atoms with Crippen molar-refractivity contribution in [3.8, 4) is 11.5 Å². The summed E-state index contributed by atoms with van der Waals surface area (Å²) in [5.74, 6) is -4.22. The molecule has 0 aliphatic rings. The molecule has 0 spiro atoms. The van der Waals surface area contributed by atoms with Gasteiger partial charge in [-0.05, 0) is 53.8 Å². The van der Waals surface area contributed by atoms with Crippen LogP contribution in [0, 0.1) is 13.7 Å². The van der Waals surface area contributed by atoms with Crippen molar-refractivity contribution in [2.24, 2.45) is 0 Å². The minimum atomic E-state index is -5.98. The zero-order chi connectivity index (χ0) is 26.7. The van der Waals surface area contributed by atoms with Crippen LogP contribution in [0.2, 0.25) is 0 Å². The maximum atomic E-state index is 13.7. The molecule has 1 N–H and O–H groups in total. The van der Waals surface area contributed by atoms with E-state index in [2.05, 4.69) is 4.74 Å². The van der Waals surface area contributed by atoms with E-state index in [1.807, 2.05) is 22.6 Å². The van der Waals surface area contributed by atoms with E-state index < -0.39 is 61.3 Å². The van der Waals surface area contributed by atoms with E-state index in [0.717, 1.165) is 13.0 Å². The fourth-order valence-electron chi connectivity index (χ4n) is 2.47. The van der Waals surface area contributed by atoms with Gasteiger partial charge in [0.05, 0.1) is 4.92 Å². The van der Waals surface area contributed by atoms with E-state index in [-0.39, 0.29) is 11.3 Å². The van der Waals surface area contributed by atoms with Crippen molar-refractivity contribution >= 4 is 56.3 Å². The first-order valence-corrected chi connectivity index (χ1v) is 11.6. The molecule has 0 saturated carbocycles. The van der Waals surface area contributed by atoms with Gasteiger partial charge in [0, 0.05) is 22.6 Å². The van der Waals surface area contributed by atoms with Gasteiger partial charge < -0.3 is 14.2 Å². The maximum absolute atomic E-state index is 13.7. The van der Waals surface area contributed by atoms with Crippen LogP contribution < -0.4 is 9.47 Å². The Labute approximate surface area is 209 Å². The second-order valence-electron chi connectivity index (χ2n) is 6.64. The number of nitro benzene ring substituents is 1. The number of halogens is 3. The molecule has 0 amide bonds. The zero-order valence-corrected chi connectivity index (χ0v) is 20.5. The predicted molar refractivity (Wildman–Crippen MR) is 120 cm³/mol. The van der Waals surface area contributed by atoms with E-state index >= 15 is 0 Å². The van der Waals surface area contributed by atoms with Crippen LogP contribution in [0.5, 0.6) is 11.5 Å². The summed E-state index contributed by atoms with van der Waals surface area (Å²) in [4.78, 5) is 46.4. The normalized spacial score (nSPS) is 12.4. The number of carbonyl (C=O) groups is 3. The molecule has 0 radical (unpaired) electrons. The fourth-order valence-corrected chi connectivity index (χ4v) is 3.40. The largest absolute Gasteiger partial charge is 0.451 e. The Morgan fingerprint density at radius 1 is 1.09 bits per heavy atom. The Morgan fingerprint density at radius 3 is 2.26 bits per heavy atom. The molecule has 12 nitrogen and oxygen atoms in total. The second-order valence-corrected chi connectivity index (χ2v) is 9.38. The molecule has 1 unspecified atom stereocenters. The van der Waals surface area contributed by atoms with Crippen LogP contribution >= 0.6 is 22.6 Å². The summed E-state index contributed by atoms with van der Waals surface area (Å²) >= 11 is 1.89. The smallest absolute Gasteiger partial charge is 0.405 e. The number of ether oxygens (including phenoxy) is 3. The summed E-state index contributed by atoms with van der Waals surface area (Å²) in [7, 11) is -5.98. The molecule has 0 fully saturated rings. The van der Waals surface area contributed by atoms with Crippen molar-refractivity contribution in [1.82, 2.24) is 0 Å². The molecule has 0 aromatic heterocycles. The minimum Gasteiger partial charge on any atom is -0.451 e. The monoisotopic (exact) mass is 629 g/mol. The summed E-state index contributed by atoms with van der Waals surface area (Å²) in [6.45, 7) is 1.53. The molecule has 0 heterocycles. The van der Waals surface area contributed by atoms with Crippen molar-refractivity contribution in [2.75, 3.05) is 0 Å². The zero-order valence-electron chi connectivity index (χ0n) is 17.6. The first-order valence-electron chi connectivity index (χ1n) is 9.09. The molecule has 0 aliphatic heterocycles. The third-order valence-corrected chi connectivity index (χ3v) is 5.80. The highest BCUT2D eigenvalue weighted by molar-refractivity contribution is 14.1. The number of hydrogen-bond donors (Lipinski definition) is 1. The van der Waals surface area contributed by atoms with E-state index in [4.69, 9.17) is 14.0 Å². The third-order valence-electron chi connectivity index (χ3n) is 4.11. The number of benzene rings is 2. The maximum Gasteiger partial charge on any atom is 0.405 e. The number of alkyl halides is 2. The fraction of sp³-hybridized carbons (Fsp3) is 0.211. The highest BCUT2D eigenvalue weighted by atomic mass is 127. The first-order chi connectivity index (χ1) is 16.0. The Balaban J connectivity index is 2.40. The van der Waals surface area contributed by atoms with Gasteiger partial charge in [-0.3, -0.25) is 19.5 Å². The lowest BCUT2D eigenvalue weighted by Gasteiger charge is -2.20. The molecule has 2 aromatic carbocycles. The molecule has 188 valence electrons. The van der Waals surface area contributed by atoms with Gasteiger partial charge in [-0.15, -0.1) is 0 Å². The summed E-state index contributed by atoms with van der Waals surface area (Å²) in [6, 6.07) is 6.37. The Hall–Kier alpha value is -3.25. The molecule has 16 heteroatoms. The third kappa shape index (κ3) is 6.67. The van der Waals surface area contributed by atoms with Crippen molar-refractivity contribution in [2.45, 2.75) is 25.2 Å². The SMILES string of the molecule is CC(=O)Oc1cc(I)ccc1C(=O)Oc1ccc([N+](=O)[O-])c(C(=O)OC(C)C(F)(F)S(=O)(=O)O)c1. The van der Waals surface area contributed by atoms with E-state index in [9.17, 15) is 41.7 Å². The topological polar surface area (TPSA) is 176 Å². The summed E-state index contributed by atoms with van der Waals surface area (Å²) in [5, 5.41) is 6.34. The highest BCUT2D eigenvalue weighted by Crippen LogP contribution is 2.31. The standard InChI is InChI=1S/C19H14F2INO11S/c1-9(19(20,21)35(29,30)31)32-18(26)14-8-12(4-6-15(14)23(27)28)34-17(25)13-5-3-11(22)7-16(13)33-10(2)24/h3-9H,1-2H3,(H,29,30,31). The van der Waals surface area contributed by atoms with E-state index in [0.29, 0.717) is 22.6 Å². The van der Waals surface area contributed by atoms with E-state index in [1.165, 1.54) is 18.2 Å². The lowest BCUT2D eigenvalue weighted by Crippen LogP contribution is -2.42. The molecule has 35 heavy (non-hydrogen) atoms. The van der Waals surface area contributed by atoms with Crippen LogP contribution in [0.3, 0.4) is 0 Å². The van der Waals surface area contributed by atoms with Crippen LogP contribution in [0.1, 0.15) is 34.6 Å². The molecule has 0 bridgehead atoms. The number of nitrogens with zero attached hydrogens (tertiary/aromatic N) is 1. The molecule has 0 saturated heterocycles. The average molecular weight is 629 g/mol. The molecular weight excluding hydrogens is 615 g/mol. The van der Waals surface area contributed by atoms with Gasteiger partial charge in [-0.25, -0.2) is 9.59 Å². The Kier molecular flexibility index (Phi) is 8.45. The van der Waals surface area contributed by atoms with Crippen molar-refractivity contribution in [1.29, 1.82) is 0 Å². The van der Waals surface area contributed by atoms with Gasteiger partial charge in [0.15, 0.2) is 6.10 Å². The highest BCUT2D eigenvalue weighted by Gasteiger charge is 2.52. The van der Waals surface area contributed by atoms with Gasteiger partial charge in [-0.2, -0.15) is 17.2 Å². The molecule has 2 aromatic rings. The van der Waals surface area contributed by atoms with Gasteiger partial charge in [0.2, 0.25) is 0 Å². The lowest BCUT2D eigenvalue weighted by molar-refractivity contribution is -0.385. The van der Waals surface area contributed by atoms with Gasteiger partial charge in [-0.1, -0.05) is 0 Å². The number of esters is 3. The van der Waals surface area contributed by atoms with E-state index in [1.54, 1.807) is 0 Å². The number of nitro groups is 1. The van der Waals surface area contributed by atoms with Gasteiger partial charge in [0.1, 0.15) is 22.6 Å². The van der Waals surface area contributed by atoms with Crippen LogP contribution in [0.25, 0.3) is 0 Å². The van der Waals surface area contributed by atoms with Crippen LogP contribution in [-0.2, 0) is 19.6 Å². The second kappa shape index (κ2) is 10.6. The van der Waals surface area contributed by atoms with Crippen LogP contribution in [-0.4, -0.2) is 47.2 Å². The molecule has 0 aliphatic carbocycles. The summed E-state index contributed by atoms with van der Waals surface area (Å²) < 4.78 is 72.6. The molecule has 1 atom stereocenters. The van der Waals surface area contributed by atoms with Crippen molar-refractivity contribution < 1.29 is 55.3 Å². The van der Waals surface area contributed by atoms with Crippen molar-refractivity contribution in [3.63, 3.8) is 0 Å². The van der Waals surface area contributed by atoms with Gasteiger partial charge >= 0.3 is 33.3 Å². The Morgan fingerprint density at radius 2 is 1.71 bits per heavy atom. The first kappa shape index (κ1) is 28.0.